The molecule has 0 aliphatic heterocycles. The quantitative estimate of drug-likeness (QED) is 0.327. The number of hydrogen-bond acceptors (Lipinski definition) is 7. The largest absolute Gasteiger partial charge is 0.467 e. The molecule has 1 unspecified atom stereocenters. The number of anilines is 1. The summed E-state index contributed by atoms with van der Waals surface area (Å²) in [5, 5.41) is 11.1. The molecule has 0 amide bonds. The molecule has 22 heavy (non-hydrogen) atoms. The molecule has 0 saturated heterocycles. The van der Waals surface area contributed by atoms with Gasteiger partial charge in [0, 0.05) is 6.54 Å². The van der Waals surface area contributed by atoms with E-state index in [4.69, 9.17) is 16.3 Å². The maximum absolute atomic E-state index is 11.8. The van der Waals surface area contributed by atoms with Crippen molar-refractivity contribution >= 4 is 29.1 Å². The third-order valence-corrected chi connectivity index (χ3v) is 3.33. The molecule has 1 atom stereocenters. The van der Waals surface area contributed by atoms with Crippen LogP contribution in [0.2, 0.25) is 5.28 Å². The molecule has 0 fully saturated rings. The zero-order chi connectivity index (χ0) is 16.9. The van der Waals surface area contributed by atoms with E-state index in [0.29, 0.717) is 12.5 Å². The maximum Gasteiger partial charge on any atom is 0.329 e. The second-order valence-electron chi connectivity index (χ2n) is 5.18. The number of methoxy groups -OCH3 is 1. The molecule has 122 valence electrons. The fraction of sp³-hybridized carbons (Fsp3) is 0.615. The molecular formula is C13H19ClN4O4. The summed E-state index contributed by atoms with van der Waals surface area (Å²) in [4.78, 5) is 31.5. The lowest BCUT2D eigenvalue weighted by atomic mass is 10.1. The van der Waals surface area contributed by atoms with Gasteiger partial charge in [-0.2, -0.15) is 4.98 Å². The molecule has 1 aromatic heterocycles. The number of esters is 1. The number of hydrogen-bond donors (Lipinski definition) is 0. The van der Waals surface area contributed by atoms with Crippen LogP contribution in [0.1, 0.15) is 27.2 Å². The van der Waals surface area contributed by atoms with Crippen LogP contribution in [-0.2, 0) is 9.53 Å². The molecule has 0 N–H and O–H groups in total. The molecule has 1 heterocycles. The summed E-state index contributed by atoms with van der Waals surface area (Å²) < 4.78 is 4.73. The zero-order valence-electron chi connectivity index (χ0n) is 12.9. The summed E-state index contributed by atoms with van der Waals surface area (Å²) in [6.07, 6.45) is 1.76. The van der Waals surface area contributed by atoms with Gasteiger partial charge in [-0.3, -0.25) is 10.1 Å². The van der Waals surface area contributed by atoms with E-state index in [9.17, 15) is 14.9 Å². The maximum atomic E-state index is 11.8. The predicted octanol–water partition coefficient (Wildman–Crippen LogP) is 2.45. The van der Waals surface area contributed by atoms with Crippen LogP contribution in [0.4, 0.5) is 11.5 Å². The Labute approximate surface area is 133 Å². The summed E-state index contributed by atoms with van der Waals surface area (Å²) in [5.41, 5.74) is -0.302. The molecule has 1 aromatic rings. The molecule has 0 aliphatic rings. The van der Waals surface area contributed by atoms with Gasteiger partial charge in [-0.05, 0) is 30.9 Å². The summed E-state index contributed by atoms with van der Waals surface area (Å²) >= 11 is 5.76. The average molecular weight is 331 g/mol. The number of carbonyl (C=O) groups is 1. The number of carbonyl (C=O) groups excluding carboxylic acids is 1. The first kappa shape index (κ1) is 18.1. The molecule has 9 heteroatoms. The lowest BCUT2D eigenvalue weighted by Crippen LogP contribution is -2.41. The van der Waals surface area contributed by atoms with Crippen molar-refractivity contribution in [3.8, 4) is 0 Å². The third kappa shape index (κ3) is 4.52. The molecule has 1 rings (SSSR count). The molecule has 0 bridgehead atoms. The van der Waals surface area contributed by atoms with Gasteiger partial charge in [-0.25, -0.2) is 9.78 Å². The van der Waals surface area contributed by atoms with E-state index in [1.807, 2.05) is 13.8 Å². The highest BCUT2D eigenvalue weighted by Crippen LogP contribution is 2.28. The Balaban J connectivity index is 3.27. The van der Waals surface area contributed by atoms with E-state index in [-0.39, 0.29) is 16.8 Å². The fourth-order valence-electron chi connectivity index (χ4n) is 1.86. The van der Waals surface area contributed by atoms with Crippen LogP contribution in [0.25, 0.3) is 0 Å². The van der Waals surface area contributed by atoms with Crippen LogP contribution in [-0.4, -0.2) is 40.6 Å². The first-order valence-electron chi connectivity index (χ1n) is 6.79. The van der Waals surface area contributed by atoms with Crippen LogP contribution < -0.4 is 4.90 Å². The molecule has 0 saturated carbocycles. The highest BCUT2D eigenvalue weighted by molar-refractivity contribution is 6.28. The standard InChI is InChI=1S/C13H19ClN4O4/c1-8(2)5-6-17(9(3)12(19)22-4)11-10(18(20)21)7-15-13(14)16-11/h7-9H,5-6H2,1-4H3. The fourth-order valence-corrected chi connectivity index (χ4v) is 1.99. The van der Waals surface area contributed by atoms with Crippen molar-refractivity contribution in [3.63, 3.8) is 0 Å². The normalized spacial score (nSPS) is 12.1. The number of nitrogens with zero attached hydrogens (tertiary/aromatic N) is 4. The lowest BCUT2D eigenvalue weighted by Gasteiger charge is -2.28. The van der Waals surface area contributed by atoms with Crippen LogP contribution in [0.5, 0.6) is 0 Å². The predicted molar refractivity (Wildman–Crippen MR) is 82.0 cm³/mol. The molecule has 0 radical (unpaired) electrons. The van der Waals surface area contributed by atoms with Crippen molar-refractivity contribution in [1.82, 2.24) is 9.97 Å². The minimum atomic E-state index is -0.728. The van der Waals surface area contributed by atoms with Gasteiger partial charge in [-0.15, -0.1) is 0 Å². The van der Waals surface area contributed by atoms with Crippen LogP contribution >= 0.6 is 11.6 Å². The van der Waals surface area contributed by atoms with Crippen molar-refractivity contribution in [2.24, 2.45) is 5.92 Å². The highest BCUT2D eigenvalue weighted by Gasteiger charge is 2.30. The summed E-state index contributed by atoms with van der Waals surface area (Å²) in [6.45, 7) is 6.04. The Kier molecular flexibility index (Phi) is 6.48. The second kappa shape index (κ2) is 7.88. The van der Waals surface area contributed by atoms with Crippen molar-refractivity contribution in [3.05, 3.63) is 21.6 Å². The highest BCUT2D eigenvalue weighted by atomic mass is 35.5. The second-order valence-corrected chi connectivity index (χ2v) is 5.52. The zero-order valence-corrected chi connectivity index (χ0v) is 13.7. The molecular weight excluding hydrogens is 312 g/mol. The Hall–Kier alpha value is -1.96. The number of nitro groups is 1. The Morgan fingerprint density at radius 3 is 2.64 bits per heavy atom. The SMILES string of the molecule is COC(=O)C(C)N(CCC(C)C)c1nc(Cl)ncc1[N+](=O)[O-]. The molecule has 0 aromatic carbocycles. The Bertz CT molecular complexity index is 553. The van der Waals surface area contributed by atoms with Gasteiger partial charge in [0.2, 0.25) is 11.1 Å². The van der Waals surface area contributed by atoms with Gasteiger partial charge in [0.05, 0.1) is 12.0 Å². The van der Waals surface area contributed by atoms with E-state index in [1.165, 1.54) is 12.0 Å². The number of ether oxygens (including phenoxy) is 1. The van der Waals surface area contributed by atoms with Crippen molar-refractivity contribution in [2.75, 3.05) is 18.6 Å². The molecule has 8 nitrogen and oxygen atoms in total. The topological polar surface area (TPSA) is 98.5 Å². The average Bonchev–Trinajstić information content (AvgIpc) is 2.45. The smallest absolute Gasteiger partial charge is 0.329 e. The third-order valence-electron chi connectivity index (χ3n) is 3.15. The monoisotopic (exact) mass is 330 g/mol. The van der Waals surface area contributed by atoms with E-state index < -0.39 is 16.9 Å². The minimum absolute atomic E-state index is 0.0172. The molecule has 0 spiro atoms. The van der Waals surface area contributed by atoms with Crippen molar-refractivity contribution in [2.45, 2.75) is 33.2 Å². The van der Waals surface area contributed by atoms with Crippen molar-refractivity contribution in [1.29, 1.82) is 0 Å². The van der Waals surface area contributed by atoms with E-state index in [0.717, 1.165) is 12.6 Å². The van der Waals surface area contributed by atoms with E-state index in [2.05, 4.69) is 9.97 Å². The minimum Gasteiger partial charge on any atom is -0.467 e. The van der Waals surface area contributed by atoms with Gasteiger partial charge in [-0.1, -0.05) is 13.8 Å². The van der Waals surface area contributed by atoms with Gasteiger partial charge < -0.3 is 9.64 Å². The van der Waals surface area contributed by atoms with Crippen LogP contribution in [0.15, 0.2) is 6.20 Å². The first-order chi connectivity index (χ1) is 10.3. The first-order valence-corrected chi connectivity index (χ1v) is 7.17. The van der Waals surface area contributed by atoms with E-state index >= 15 is 0 Å². The van der Waals surface area contributed by atoms with Gasteiger partial charge in [0.1, 0.15) is 12.2 Å². The van der Waals surface area contributed by atoms with E-state index in [1.54, 1.807) is 6.92 Å². The van der Waals surface area contributed by atoms with Gasteiger partial charge >= 0.3 is 11.7 Å². The summed E-state index contributed by atoms with van der Waals surface area (Å²) in [5.74, 6) is -0.139. The van der Waals surface area contributed by atoms with Crippen molar-refractivity contribution < 1.29 is 14.5 Å². The summed E-state index contributed by atoms with van der Waals surface area (Å²) in [7, 11) is 1.26. The van der Waals surface area contributed by atoms with Gasteiger partial charge in [0.15, 0.2) is 0 Å². The molecule has 0 aliphatic carbocycles. The Morgan fingerprint density at radius 2 is 2.14 bits per heavy atom. The van der Waals surface area contributed by atoms with Crippen LogP contribution in [0.3, 0.4) is 0 Å². The number of halogens is 1. The summed E-state index contributed by atoms with van der Waals surface area (Å²) in [6, 6.07) is -0.728. The number of aromatic nitrogens is 2. The van der Waals surface area contributed by atoms with Gasteiger partial charge in [0.25, 0.3) is 0 Å². The number of rotatable bonds is 7. The lowest BCUT2D eigenvalue weighted by molar-refractivity contribution is -0.384. The van der Waals surface area contributed by atoms with Crippen LogP contribution in [0, 0.1) is 16.0 Å². The Morgan fingerprint density at radius 1 is 1.50 bits per heavy atom.